The topological polar surface area (TPSA) is 51.2 Å². The summed E-state index contributed by atoms with van der Waals surface area (Å²) in [7, 11) is 0. The van der Waals surface area contributed by atoms with Gasteiger partial charge in [-0.25, -0.2) is 4.98 Å². The van der Waals surface area contributed by atoms with Crippen LogP contribution in [0.1, 0.15) is 35.2 Å². The van der Waals surface area contributed by atoms with Gasteiger partial charge in [0.25, 0.3) is 0 Å². The van der Waals surface area contributed by atoms with Crippen molar-refractivity contribution in [2.45, 2.75) is 38.3 Å². The maximum atomic E-state index is 12.2. The summed E-state index contributed by atoms with van der Waals surface area (Å²) >= 11 is 7.53. The minimum absolute atomic E-state index is 0.0155. The Hall–Kier alpha value is -1.43. The highest BCUT2D eigenvalue weighted by Gasteiger charge is 2.30. The summed E-state index contributed by atoms with van der Waals surface area (Å²) in [5.74, 6) is 0.0484. The number of aromatic nitrogens is 1. The fourth-order valence-corrected chi connectivity index (χ4v) is 3.64. The highest BCUT2D eigenvalue weighted by atomic mass is 35.5. The third-order valence-corrected chi connectivity index (χ3v) is 5.15. The van der Waals surface area contributed by atoms with Crippen molar-refractivity contribution >= 4 is 28.8 Å². The number of benzene rings is 1. The van der Waals surface area contributed by atoms with Crippen molar-refractivity contribution in [1.82, 2.24) is 10.3 Å². The molecule has 1 N–H and O–H groups in total. The first-order valence-electron chi connectivity index (χ1n) is 7.69. The van der Waals surface area contributed by atoms with Crippen molar-refractivity contribution in [3.8, 4) is 0 Å². The zero-order valence-corrected chi connectivity index (χ0v) is 14.5. The average molecular weight is 351 g/mol. The van der Waals surface area contributed by atoms with Crippen LogP contribution in [0.3, 0.4) is 0 Å². The number of hydrogen-bond donors (Lipinski definition) is 1. The molecule has 0 unspecified atom stereocenters. The number of halogens is 1. The molecule has 1 fully saturated rings. The first-order valence-corrected chi connectivity index (χ1v) is 8.95. The first-order chi connectivity index (χ1) is 11.1. The van der Waals surface area contributed by atoms with Gasteiger partial charge >= 0.3 is 0 Å². The van der Waals surface area contributed by atoms with Gasteiger partial charge in [-0.05, 0) is 31.0 Å². The van der Waals surface area contributed by atoms with Gasteiger partial charge in [0.1, 0.15) is 6.10 Å². The van der Waals surface area contributed by atoms with E-state index in [0.29, 0.717) is 24.5 Å². The SMILES string of the molecule is Cc1csc(CCC(=O)N[C@@H]2CCO[C@H]2c2ccc(Cl)cc2)n1. The van der Waals surface area contributed by atoms with E-state index in [-0.39, 0.29) is 18.1 Å². The Bertz CT molecular complexity index is 671. The van der Waals surface area contributed by atoms with Crippen LogP contribution in [0.5, 0.6) is 0 Å². The van der Waals surface area contributed by atoms with Gasteiger partial charge in [-0.3, -0.25) is 4.79 Å². The van der Waals surface area contributed by atoms with Crippen LogP contribution in [0, 0.1) is 6.92 Å². The molecule has 3 rings (SSSR count). The van der Waals surface area contributed by atoms with Crippen LogP contribution in [-0.4, -0.2) is 23.5 Å². The normalized spacial score (nSPS) is 20.6. The standard InChI is InChI=1S/C17H19ClN2O2S/c1-11-10-23-16(19-11)7-6-15(21)20-14-8-9-22-17(14)12-2-4-13(18)5-3-12/h2-5,10,14,17H,6-9H2,1H3,(H,20,21)/t14-,17+/m1/s1. The number of nitrogens with one attached hydrogen (secondary N) is 1. The van der Waals surface area contributed by atoms with E-state index in [9.17, 15) is 4.79 Å². The van der Waals surface area contributed by atoms with Crippen LogP contribution in [0.25, 0.3) is 0 Å². The van der Waals surface area contributed by atoms with Gasteiger partial charge in [0, 0.05) is 35.5 Å². The van der Waals surface area contributed by atoms with Crippen molar-refractivity contribution < 1.29 is 9.53 Å². The predicted octanol–water partition coefficient (Wildman–Crippen LogP) is 3.68. The third-order valence-electron chi connectivity index (χ3n) is 3.87. The largest absolute Gasteiger partial charge is 0.371 e. The van der Waals surface area contributed by atoms with Crippen molar-refractivity contribution in [1.29, 1.82) is 0 Å². The van der Waals surface area contributed by atoms with E-state index >= 15 is 0 Å². The molecular weight excluding hydrogens is 332 g/mol. The predicted molar refractivity (Wildman–Crippen MR) is 91.9 cm³/mol. The van der Waals surface area contributed by atoms with Crippen molar-refractivity contribution in [3.63, 3.8) is 0 Å². The molecule has 6 heteroatoms. The van der Waals surface area contributed by atoms with Gasteiger partial charge in [0.15, 0.2) is 0 Å². The Morgan fingerprint density at radius 2 is 2.22 bits per heavy atom. The molecule has 1 aromatic heterocycles. The number of nitrogens with zero attached hydrogens (tertiary/aromatic N) is 1. The average Bonchev–Trinajstić information content (AvgIpc) is 3.15. The molecule has 2 aromatic rings. The number of aryl methyl sites for hydroxylation is 2. The fraction of sp³-hybridized carbons (Fsp3) is 0.412. The molecule has 0 aliphatic carbocycles. The Morgan fingerprint density at radius 1 is 1.43 bits per heavy atom. The van der Waals surface area contributed by atoms with E-state index in [1.54, 1.807) is 11.3 Å². The molecule has 0 bridgehead atoms. The molecule has 2 heterocycles. The highest BCUT2D eigenvalue weighted by molar-refractivity contribution is 7.09. The fourth-order valence-electron chi connectivity index (χ4n) is 2.74. The summed E-state index contributed by atoms with van der Waals surface area (Å²) in [5, 5.41) is 6.82. The van der Waals surface area contributed by atoms with Crippen LogP contribution in [0.4, 0.5) is 0 Å². The second-order valence-corrected chi connectivity index (χ2v) is 7.07. The lowest BCUT2D eigenvalue weighted by atomic mass is 10.0. The van der Waals surface area contributed by atoms with Crippen LogP contribution < -0.4 is 5.32 Å². The van der Waals surface area contributed by atoms with Crippen LogP contribution in [0.2, 0.25) is 5.02 Å². The number of carbonyl (C=O) groups is 1. The maximum absolute atomic E-state index is 12.2. The molecule has 0 spiro atoms. The van der Waals surface area contributed by atoms with E-state index in [1.165, 1.54) is 0 Å². The lowest BCUT2D eigenvalue weighted by Crippen LogP contribution is -2.36. The van der Waals surface area contributed by atoms with Crippen molar-refractivity contribution in [2.75, 3.05) is 6.61 Å². The smallest absolute Gasteiger partial charge is 0.220 e. The molecule has 0 radical (unpaired) electrons. The quantitative estimate of drug-likeness (QED) is 0.894. The van der Waals surface area contributed by atoms with Gasteiger partial charge in [-0.2, -0.15) is 0 Å². The molecule has 0 saturated carbocycles. The van der Waals surface area contributed by atoms with E-state index < -0.39 is 0 Å². The Kier molecular flexibility index (Phi) is 5.30. The first kappa shape index (κ1) is 16.4. The monoisotopic (exact) mass is 350 g/mol. The molecule has 122 valence electrons. The lowest BCUT2D eigenvalue weighted by Gasteiger charge is -2.20. The molecule has 2 atom stereocenters. The molecular formula is C17H19ClN2O2S. The maximum Gasteiger partial charge on any atom is 0.220 e. The number of rotatable bonds is 5. The molecule has 1 aliphatic rings. The summed E-state index contributed by atoms with van der Waals surface area (Å²) in [4.78, 5) is 16.6. The van der Waals surface area contributed by atoms with E-state index in [4.69, 9.17) is 16.3 Å². The Labute approximate surface area is 144 Å². The molecule has 23 heavy (non-hydrogen) atoms. The molecule has 1 aliphatic heterocycles. The zero-order chi connectivity index (χ0) is 16.2. The van der Waals surface area contributed by atoms with Crippen LogP contribution in [0.15, 0.2) is 29.6 Å². The minimum atomic E-state index is -0.0988. The summed E-state index contributed by atoms with van der Waals surface area (Å²) in [6.45, 7) is 2.62. The van der Waals surface area contributed by atoms with E-state index in [2.05, 4.69) is 10.3 Å². The molecule has 1 saturated heterocycles. The Morgan fingerprint density at radius 3 is 2.91 bits per heavy atom. The summed E-state index contributed by atoms with van der Waals surface area (Å²) in [6, 6.07) is 7.62. The molecule has 1 amide bonds. The van der Waals surface area contributed by atoms with E-state index in [0.717, 1.165) is 22.7 Å². The lowest BCUT2D eigenvalue weighted by molar-refractivity contribution is -0.122. The highest BCUT2D eigenvalue weighted by Crippen LogP contribution is 2.30. The summed E-state index contributed by atoms with van der Waals surface area (Å²) in [6.07, 6.45) is 1.87. The van der Waals surface area contributed by atoms with Crippen LogP contribution in [-0.2, 0) is 16.0 Å². The van der Waals surface area contributed by atoms with Gasteiger partial charge in [0.05, 0.1) is 11.0 Å². The molecule has 1 aromatic carbocycles. The minimum Gasteiger partial charge on any atom is -0.371 e. The third kappa shape index (κ3) is 4.31. The number of ether oxygens (including phenoxy) is 1. The number of thiazole rings is 1. The zero-order valence-electron chi connectivity index (χ0n) is 12.9. The van der Waals surface area contributed by atoms with Crippen molar-refractivity contribution in [2.24, 2.45) is 0 Å². The summed E-state index contributed by atoms with van der Waals surface area (Å²) in [5.41, 5.74) is 2.06. The van der Waals surface area contributed by atoms with Gasteiger partial charge in [-0.15, -0.1) is 11.3 Å². The summed E-state index contributed by atoms with van der Waals surface area (Å²) < 4.78 is 5.79. The van der Waals surface area contributed by atoms with Gasteiger partial charge in [0.2, 0.25) is 5.91 Å². The Balaban J connectivity index is 1.55. The second kappa shape index (κ2) is 7.43. The number of amides is 1. The number of carbonyl (C=O) groups excluding carboxylic acids is 1. The molecule has 4 nitrogen and oxygen atoms in total. The van der Waals surface area contributed by atoms with Gasteiger partial charge < -0.3 is 10.1 Å². The number of hydrogen-bond acceptors (Lipinski definition) is 4. The second-order valence-electron chi connectivity index (χ2n) is 5.69. The van der Waals surface area contributed by atoms with Crippen molar-refractivity contribution in [3.05, 3.63) is 50.9 Å². The van der Waals surface area contributed by atoms with E-state index in [1.807, 2.05) is 36.6 Å². The van der Waals surface area contributed by atoms with Gasteiger partial charge in [-0.1, -0.05) is 23.7 Å². The van der Waals surface area contributed by atoms with Crippen LogP contribution >= 0.6 is 22.9 Å².